The van der Waals surface area contributed by atoms with Crippen LogP contribution in [0.15, 0.2) is 18.2 Å². The zero-order valence-electron chi connectivity index (χ0n) is 12.5. The number of hydrogen-bond donors (Lipinski definition) is 3. The van der Waals surface area contributed by atoms with E-state index in [1.54, 1.807) is 6.92 Å². The molecule has 5 heteroatoms. The molecule has 1 aliphatic carbocycles. The molecule has 114 valence electrons. The van der Waals surface area contributed by atoms with E-state index in [1.165, 1.54) is 11.1 Å². The molecule has 0 aromatic heterocycles. The zero-order chi connectivity index (χ0) is 15.5. The number of aliphatic hydroxyl groups is 1. The SMILES string of the molecule is CC[C@](C)(O)CNC(=O)C(=O)Nc1ccc2c(c1)CCC2. The number of benzene rings is 1. The molecule has 2 amide bonds. The summed E-state index contributed by atoms with van der Waals surface area (Å²) in [4.78, 5) is 23.5. The maximum absolute atomic E-state index is 11.8. The maximum atomic E-state index is 11.8. The molecule has 0 saturated heterocycles. The minimum Gasteiger partial charge on any atom is -0.388 e. The summed E-state index contributed by atoms with van der Waals surface area (Å²) in [5.74, 6) is -1.44. The van der Waals surface area contributed by atoms with Crippen molar-refractivity contribution >= 4 is 17.5 Å². The van der Waals surface area contributed by atoms with Crippen molar-refractivity contribution in [3.05, 3.63) is 29.3 Å². The molecule has 0 radical (unpaired) electrons. The molecule has 0 saturated carbocycles. The van der Waals surface area contributed by atoms with Gasteiger partial charge in [0.2, 0.25) is 0 Å². The van der Waals surface area contributed by atoms with Gasteiger partial charge in [0.25, 0.3) is 0 Å². The van der Waals surface area contributed by atoms with Gasteiger partial charge in [0.15, 0.2) is 0 Å². The van der Waals surface area contributed by atoms with Crippen molar-refractivity contribution in [2.75, 3.05) is 11.9 Å². The molecule has 21 heavy (non-hydrogen) atoms. The Balaban J connectivity index is 1.90. The van der Waals surface area contributed by atoms with E-state index in [0.29, 0.717) is 12.1 Å². The first-order valence-corrected chi connectivity index (χ1v) is 7.34. The van der Waals surface area contributed by atoms with Crippen LogP contribution < -0.4 is 10.6 Å². The van der Waals surface area contributed by atoms with Crippen LogP contribution in [0.3, 0.4) is 0 Å². The number of hydrogen-bond acceptors (Lipinski definition) is 3. The van der Waals surface area contributed by atoms with Crippen LogP contribution >= 0.6 is 0 Å². The number of carbonyl (C=O) groups is 2. The van der Waals surface area contributed by atoms with Gasteiger partial charge in [0.1, 0.15) is 0 Å². The highest BCUT2D eigenvalue weighted by atomic mass is 16.3. The molecule has 2 rings (SSSR count). The minimum absolute atomic E-state index is 0.0555. The number of amides is 2. The fourth-order valence-corrected chi connectivity index (χ4v) is 2.31. The van der Waals surface area contributed by atoms with Crippen LogP contribution in [0.4, 0.5) is 5.69 Å². The smallest absolute Gasteiger partial charge is 0.313 e. The van der Waals surface area contributed by atoms with Gasteiger partial charge in [-0.15, -0.1) is 0 Å². The third-order valence-corrected chi connectivity index (χ3v) is 3.95. The molecule has 0 unspecified atom stereocenters. The van der Waals surface area contributed by atoms with Gasteiger partial charge in [-0.3, -0.25) is 9.59 Å². The van der Waals surface area contributed by atoms with E-state index in [9.17, 15) is 14.7 Å². The Labute approximate surface area is 124 Å². The number of nitrogens with one attached hydrogen (secondary N) is 2. The van der Waals surface area contributed by atoms with Crippen LogP contribution in [-0.2, 0) is 22.4 Å². The van der Waals surface area contributed by atoms with Crippen molar-refractivity contribution in [2.24, 2.45) is 0 Å². The lowest BCUT2D eigenvalue weighted by Crippen LogP contribution is -2.44. The maximum Gasteiger partial charge on any atom is 0.313 e. The van der Waals surface area contributed by atoms with Gasteiger partial charge >= 0.3 is 11.8 Å². The number of aryl methyl sites for hydroxylation is 2. The lowest BCUT2D eigenvalue weighted by Gasteiger charge is -2.21. The fourth-order valence-electron chi connectivity index (χ4n) is 2.31. The summed E-state index contributed by atoms with van der Waals surface area (Å²) in [6.07, 6.45) is 3.74. The highest BCUT2D eigenvalue weighted by molar-refractivity contribution is 6.39. The topological polar surface area (TPSA) is 78.4 Å². The Morgan fingerprint density at radius 1 is 1.24 bits per heavy atom. The van der Waals surface area contributed by atoms with Crippen molar-refractivity contribution in [3.8, 4) is 0 Å². The van der Waals surface area contributed by atoms with E-state index in [2.05, 4.69) is 10.6 Å². The van der Waals surface area contributed by atoms with Gasteiger partial charge in [0, 0.05) is 12.2 Å². The average molecular weight is 290 g/mol. The van der Waals surface area contributed by atoms with Crippen LogP contribution in [0.25, 0.3) is 0 Å². The molecule has 5 nitrogen and oxygen atoms in total. The van der Waals surface area contributed by atoms with E-state index >= 15 is 0 Å². The summed E-state index contributed by atoms with van der Waals surface area (Å²) in [5, 5.41) is 14.8. The number of carbonyl (C=O) groups excluding carboxylic acids is 2. The monoisotopic (exact) mass is 290 g/mol. The predicted molar refractivity (Wildman–Crippen MR) is 81.0 cm³/mol. The summed E-state index contributed by atoms with van der Waals surface area (Å²) < 4.78 is 0. The Hall–Kier alpha value is -1.88. The first-order valence-electron chi connectivity index (χ1n) is 7.34. The van der Waals surface area contributed by atoms with E-state index in [0.717, 1.165) is 19.3 Å². The third-order valence-electron chi connectivity index (χ3n) is 3.95. The summed E-state index contributed by atoms with van der Waals surface area (Å²) in [5.41, 5.74) is 2.19. The highest BCUT2D eigenvalue weighted by Crippen LogP contribution is 2.24. The average Bonchev–Trinajstić information content (AvgIpc) is 2.92. The van der Waals surface area contributed by atoms with Gasteiger partial charge in [-0.05, 0) is 55.9 Å². The largest absolute Gasteiger partial charge is 0.388 e. The molecule has 0 fully saturated rings. The Kier molecular flexibility index (Phi) is 4.63. The molecule has 0 bridgehead atoms. The van der Waals surface area contributed by atoms with Crippen LogP contribution in [0.1, 0.15) is 37.8 Å². The lowest BCUT2D eigenvalue weighted by molar-refractivity contribution is -0.136. The second kappa shape index (κ2) is 6.26. The van der Waals surface area contributed by atoms with Crippen LogP contribution in [0, 0.1) is 0 Å². The second-order valence-corrected chi connectivity index (χ2v) is 5.82. The molecule has 1 aliphatic rings. The van der Waals surface area contributed by atoms with Crippen molar-refractivity contribution in [1.82, 2.24) is 5.32 Å². The molecular weight excluding hydrogens is 268 g/mol. The summed E-state index contributed by atoms with van der Waals surface area (Å²) in [7, 11) is 0. The number of fused-ring (bicyclic) bond motifs is 1. The quantitative estimate of drug-likeness (QED) is 0.733. The van der Waals surface area contributed by atoms with Crippen molar-refractivity contribution in [1.29, 1.82) is 0 Å². The zero-order valence-corrected chi connectivity index (χ0v) is 12.5. The first kappa shape index (κ1) is 15.5. The van der Waals surface area contributed by atoms with Gasteiger partial charge in [-0.2, -0.15) is 0 Å². The number of anilines is 1. The Morgan fingerprint density at radius 2 is 1.95 bits per heavy atom. The molecule has 0 aliphatic heterocycles. The number of rotatable bonds is 4. The molecule has 1 aromatic carbocycles. The van der Waals surface area contributed by atoms with Gasteiger partial charge in [0.05, 0.1) is 5.60 Å². The van der Waals surface area contributed by atoms with Crippen LogP contribution in [0.2, 0.25) is 0 Å². The van der Waals surface area contributed by atoms with Gasteiger partial charge < -0.3 is 15.7 Å². The lowest BCUT2D eigenvalue weighted by atomic mass is 10.0. The Bertz CT molecular complexity index is 552. The van der Waals surface area contributed by atoms with Crippen molar-refractivity contribution < 1.29 is 14.7 Å². The van der Waals surface area contributed by atoms with E-state index in [4.69, 9.17) is 0 Å². The second-order valence-electron chi connectivity index (χ2n) is 5.82. The molecule has 0 heterocycles. The molecule has 1 atom stereocenters. The van der Waals surface area contributed by atoms with Crippen molar-refractivity contribution in [2.45, 2.75) is 45.1 Å². The molecule has 1 aromatic rings. The highest BCUT2D eigenvalue weighted by Gasteiger charge is 2.21. The summed E-state index contributed by atoms with van der Waals surface area (Å²) in [6.45, 7) is 3.49. The standard InChI is InChI=1S/C16H22N2O3/c1-3-16(2,21)10-17-14(19)15(20)18-13-8-7-11-5-4-6-12(11)9-13/h7-9,21H,3-6,10H2,1-2H3,(H,17,19)(H,18,20)/t16-/m0/s1. The Morgan fingerprint density at radius 3 is 2.67 bits per heavy atom. The minimum atomic E-state index is -0.997. The molecular formula is C16H22N2O3. The fraction of sp³-hybridized carbons (Fsp3) is 0.500. The summed E-state index contributed by atoms with van der Waals surface area (Å²) >= 11 is 0. The summed E-state index contributed by atoms with van der Waals surface area (Å²) in [6, 6.07) is 5.74. The van der Waals surface area contributed by atoms with Crippen LogP contribution in [-0.4, -0.2) is 29.1 Å². The van der Waals surface area contributed by atoms with Crippen LogP contribution in [0.5, 0.6) is 0 Å². The van der Waals surface area contributed by atoms with E-state index < -0.39 is 17.4 Å². The van der Waals surface area contributed by atoms with E-state index in [1.807, 2.05) is 25.1 Å². The molecule has 0 spiro atoms. The predicted octanol–water partition coefficient (Wildman–Crippen LogP) is 1.39. The third kappa shape index (κ3) is 4.04. The first-order chi connectivity index (χ1) is 9.91. The van der Waals surface area contributed by atoms with Crippen molar-refractivity contribution in [3.63, 3.8) is 0 Å². The van der Waals surface area contributed by atoms with Gasteiger partial charge in [-0.1, -0.05) is 13.0 Å². The normalized spacial score (nSPS) is 16.0. The molecule has 3 N–H and O–H groups in total. The van der Waals surface area contributed by atoms with E-state index in [-0.39, 0.29) is 6.54 Å². The van der Waals surface area contributed by atoms with Gasteiger partial charge in [-0.25, -0.2) is 0 Å².